The van der Waals surface area contributed by atoms with Crippen molar-refractivity contribution < 1.29 is 38.5 Å². The Hall–Kier alpha value is -2.94. The van der Waals surface area contributed by atoms with Gasteiger partial charge in [0.05, 0.1) is 47.4 Å². The molecule has 0 spiro atoms. The highest BCUT2D eigenvalue weighted by Gasteiger charge is 2.55. The third-order valence-electron chi connectivity index (χ3n) is 5.22. The van der Waals surface area contributed by atoms with Gasteiger partial charge in [0.2, 0.25) is 5.91 Å². The Morgan fingerprint density at radius 2 is 1.39 bits per heavy atom. The molecule has 2 N–H and O–H groups in total. The van der Waals surface area contributed by atoms with Gasteiger partial charge in [-0.05, 0) is 58.7 Å². The molecule has 2 heterocycles. The number of carboxylic acids is 1. The van der Waals surface area contributed by atoms with E-state index in [0.29, 0.717) is 12.8 Å². The quantitative estimate of drug-likeness (QED) is 0.628. The van der Waals surface area contributed by atoms with E-state index in [0.717, 1.165) is 0 Å². The van der Waals surface area contributed by atoms with Gasteiger partial charge in [-0.15, -0.1) is 0 Å². The summed E-state index contributed by atoms with van der Waals surface area (Å²) in [6.07, 6.45) is -0.488. The Kier molecular flexibility index (Phi) is 6.64. The molecule has 168 valence electrons. The fourth-order valence-electron chi connectivity index (χ4n) is 4.05. The van der Waals surface area contributed by atoms with Gasteiger partial charge in [-0.2, -0.15) is 0 Å². The average Bonchev–Trinajstić information content (AvgIpc) is 3.28. The van der Waals surface area contributed by atoms with Gasteiger partial charge in [0.25, 0.3) is 0 Å². The lowest BCUT2D eigenvalue weighted by atomic mass is 9.78. The highest BCUT2D eigenvalue weighted by atomic mass is 16.5. The van der Waals surface area contributed by atoms with Crippen LogP contribution in [-0.2, 0) is 23.8 Å². The van der Waals surface area contributed by atoms with Gasteiger partial charge < -0.3 is 24.6 Å². The van der Waals surface area contributed by atoms with E-state index in [1.807, 2.05) is 0 Å². The zero-order chi connectivity index (χ0) is 22.9. The minimum absolute atomic E-state index is 0.0705. The second kappa shape index (κ2) is 9.05. The number of hydrogen-bond donors (Lipinski definition) is 2. The van der Waals surface area contributed by atoms with Crippen molar-refractivity contribution in [1.82, 2.24) is 0 Å². The summed E-state index contributed by atoms with van der Waals surface area (Å²) in [5, 5.41) is 12.2. The Morgan fingerprint density at radius 1 is 0.903 bits per heavy atom. The van der Waals surface area contributed by atoms with Gasteiger partial charge in [-0.25, -0.2) is 9.59 Å². The van der Waals surface area contributed by atoms with Crippen LogP contribution in [-0.4, -0.2) is 53.3 Å². The third kappa shape index (κ3) is 5.04. The minimum Gasteiger partial charge on any atom is -0.481 e. The first kappa shape index (κ1) is 22.7. The SMILES string of the molecule is CC(C)OC(=O)c1cc(NC(=O)[C@@H]2[C@@H](C(=O)O)[C@H]3CC[C@@H]2O3)cc(C(=O)OC(C)C)c1. The van der Waals surface area contributed by atoms with E-state index >= 15 is 0 Å². The van der Waals surface area contributed by atoms with Crippen LogP contribution in [0, 0.1) is 11.8 Å². The largest absolute Gasteiger partial charge is 0.481 e. The molecule has 1 amide bonds. The maximum atomic E-state index is 13.0. The second-order valence-electron chi connectivity index (χ2n) is 8.38. The average molecular weight is 433 g/mol. The van der Waals surface area contributed by atoms with E-state index in [2.05, 4.69) is 5.32 Å². The molecule has 2 aliphatic rings. The summed E-state index contributed by atoms with van der Waals surface area (Å²) in [6.45, 7) is 6.77. The smallest absolute Gasteiger partial charge is 0.338 e. The molecule has 1 aromatic carbocycles. The fourth-order valence-corrected chi connectivity index (χ4v) is 4.05. The maximum absolute atomic E-state index is 13.0. The summed E-state index contributed by atoms with van der Waals surface area (Å²) in [6, 6.07) is 4.11. The predicted molar refractivity (Wildman–Crippen MR) is 109 cm³/mol. The summed E-state index contributed by atoms with van der Waals surface area (Å²) in [5.74, 6) is -4.71. The highest BCUT2D eigenvalue weighted by Crippen LogP contribution is 2.44. The number of amides is 1. The number of rotatable bonds is 7. The van der Waals surface area contributed by atoms with Crippen LogP contribution in [0.25, 0.3) is 0 Å². The predicted octanol–water partition coefficient (Wildman–Crippen LogP) is 2.63. The zero-order valence-corrected chi connectivity index (χ0v) is 17.9. The van der Waals surface area contributed by atoms with Crippen LogP contribution < -0.4 is 5.32 Å². The molecule has 0 aromatic heterocycles. The number of anilines is 1. The first-order chi connectivity index (χ1) is 14.6. The van der Waals surface area contributed by atoms with Crippen molar-refractivity contribution in [3.05, 3.63) is 29.3 Å². The Labute approximate surface area is 180 Å². The van der Waals surface area contributed by atoms with Crippen molar-refractivity contribution in [2.75, 3.05) is 5.32 Å². The number of benzene rings is 1. The number of carbonyl (C=O) groups excluding carboxylic acids is 3. The van der Waals surface area contributed by atoms with E-state index in [4.69, 9.17) is 14.2 Å². The van der Waals surface area contributed by atoms with Crippen LogP contribution in [0.2, 0.25) is 0 Å². The fraction of sp³-hybridized carbons (Fsp3) is 0.545. The molecule has 0 aliphatic carbocycles. The molecule has 2 fully saturated rings. The summed E-state index contributed by atoms with van der Waals surface area (Å²) in [4.78, 5) is 49.4. The number of carboxylic acid groups (broad SMARTS) is 1. The number of aliphatic carboxylic acids is 1. The molecule has 1 aromatic rings. The molecular weight excluding hydrogens is 406 g/mol. The lowest BCUT2D eigenvalue weighted by Gasteiger charge is -2.24. The van der Waals surface area contributed by atoms with Crippen molar-refractivity contribution in [2.45, 2.75) is 65.0 Å². The van der Waals surface area contributed by atoms with Gasteiger partial charge in [0, 0.05) is 5.69 Å². The number of hydrogen-bond acceptors (Lipinski definition) is 7. The van der Waals surface area contributed by atoms with Crippen LogP contribution >= 0.6 is 0 Å². The van der Waals surface area contributed by atoms with E-state index in [1.165, 1.54) is 18.2 Å². The molecule has 4 atom stereocenters. The molecule has 2 saturated heterocycles. The minimum atomic E-state index is -1.08. The first-order valence-corrected chi connectivity index (χ1v) is 10.3. The van der Waals surface area contributed by atoms with Crippen LogP contribution in [0.4, 0.5) is 5.69 Å². The van der Waals surface area contributed by atoms with Gasteiger partial charge in [0.15, 0.2) is 0 Å². The lowest BCUT2D eigenvalue weighted by molar-refractivity contribution is -0.147. The molecule has 3 rings (SSSR count). The lowest BCUT2D eigenvalue weighted by Crippen LogP contribution is -2.41. The second-order valence-corrected chi connectivity index (χ2v) is 8.38. The topological polar surface area (TPSA) is 128 Å². The molecule has 0 saturated carbocycles. The molecule has 0 radical (unpaired) electrons. The van der Waals surface area contributed by atoms with Crippen molar-refractivity contribution in [3.8, 4) is 0 Å². The molecule has 0 unspecified atom stereocenters. The van der Waals surface area contributed by atoms with E-state index in [1.54, 1.807) is 27.7 Å². The van der Waals surface area contributed by atoms with Gasteiger partial charge >= 0.3 is 17.9 Å². The van der Waals surface area contributed by atoms with Crippen LogP contribution in [0.1, 0.15) is 61.3 Å². The Bertz CT molecular complexity index is 853. The number of ether oxygens (including phenoxy) is 3. The number of nitrogens with one attached hydrogen (secondary N) is 1. The van der Waals surface area contributed by atoms with E-state index in [9.17, 15) is 24.3 Å². The van der Waals surface area contributed by atoms with Crippen molar-refractivity contribution in [1.29, 1.82) is 0 Å². The third-order valence-corrected chi connectivity index (χ3v) is 5.22. The summed E-state index contributed by atoms with van der Waals surface area (Å²) in [5.41, 5.74) is 0.313. The summed E-state index contributed by atoms with van der Waals surface area (Å²) >= 11 is 0. The number of fused-ring (bicyclic) bond motifs is 2. The standard InChI is InChI=1S/C22H27NO8/c1-10(2)29-21(27)12-7-13(22(28)30-11(3)4)9-14(8-12)23-19(24)17-15-5-6-16(31-15)18(17)20(25)26/h7-11,15-18H,5-6H2,1-4H3,(H,23,24)(H,25,26)/t15-,16+,17-,18-/m0/s1. The Balaban J connectivity index is 1.88. The summed E-state index contributed by atoms with van der Waals surface area (Å²) in [7, 11) is 0. The van der Waals surface area contributed by atoms with E-state index < -0.39 is 47.9 Å². The molecule has 31 heavy (non-hydrogen) atoms. The van der Waals surface area contributed by atoms with Crippen LogP contribution in [0.3, 0.4) is 0 Å². The van der Waals surface area contributed by atoms with Gasteiger partial charge in [0.1, 0.15) is 0 Å². The number of carbonyl (C=O) groups is 4. The van der Waals surface area contributed by atoms with E-state index in [-0.39, 0.29) is 29.0 Å². The van der Waals surface area contributed by atoms with Crippen molar-refractivity contribution in [3.63, 3.8) is 0 Å². The van der Waals surface area contributed by atoms with Crippen molar-refractivity contribution in [2.24, 2.45) is 11.8 Å². The number of esters is 2. The molecule has 2 aliphatic heterocycles. The normalized spacial score (nSPS) is 24.3. The van der Waals surface area contributed by atoms with Crippen LogP contribution in [0.15, 0.2) is 18.2 Å². The van der Waals surface area contributed by atoms with Gasteiger partial charge in [-0.1, -0.05) is 0 Å². The molecular formula is C22H27NO8. The zero-order valence-electron chi connectivity index (χ0n) is 17.9. The molecule has 9 nitrogen and oxygen atoms in total. The highest BCUT2D eigenvalue weighted by molar-refractivity contribution is 6.01. The molecule has 2 bridgehead atoms. The van der Waals surface area contributed by atoms with Crippen LogP contribution in [0.5, 0.6) is 0 Å². The first-order valence-electron chi connectivity index (χ1n) is 10.3. The maximum Gasteiger partial charge on any atom is 0.338 e. The molecule has 9 heteroatoms. The monoisotopic (exact) mass is 433 g/mol. The van der Waals surface area contributed by atoms with Gasteiger partial charge in [-0.3, -0.25) is 9.59 Å². The Morgan fingerprint density at radius 3 is 1.84 bits per heavy atom. The summed E-state index contributed by atoms with van der Waals surface area (Å²) < 4.78 is 16.0. The van der Waals surface area contributed by atoms with Crippen molar-refractivity contribution >= 4 is 29.5 Å².